The number of hydrogen-bond acceptors (Lipinski definition) is 4. The summed E-state index contributed by atoms with van der Waals surface area (Å²) >= 11 is 0. The predicted octanol–water partition coefficient (Wildman–Crippen LogP) is 3.74. The maximum Gasteiger partial charge on any atom is 0.411 e. The van der Waals surface area contributed by atoms with Crippen LogP contribution in [0.3, 0.4) is 0 Å². The number of hydrogen-bond donors (Lipinski definition) is 2. The Hall–Kier alpha value is -4.13. The van der Waals surface area contributed by atoms with Crippen LogP contribution in [0.2, 0.25) is 0 Å². The zero-order chi connectivity index (χ0) is 25.3. The molecule has 3 aromatic rings. The molecule has 0 saturated heterocycles. The molecule has 4 rings (SSSR count). The Bertz CT molecular complexity index is 1180. The molecule has 7 nitrogen and oxygen atoms in total. The summed E-state index contributed by atoms with van der Waals surface area (Å²) in [4.78, 5) is 40.0. The molecule has 1 heterocycles. The summed E-state index contributed by atoms with van der Waals surface area (Å²) in [5, 5.41) is 2.80. The highest BCUT2D eigenvalue weighted by Gasteiger charge is 2.36. The number of nitrogens with one attached hydrogen (secondary N) is 1. The van der Waals surface area contributed by atoms with Crippen LogP contribution >= 0.6 is 0 Å². The number of nitrogens with zero attached hydrogens (tertiary/aromatic N) is 1. The number of rotatable bonds is 9. The van der Waals surface area contributed by atoms with E-state index in [1.54, 1.807) is 0 Å². The molecule has 0 aliphatic carbocycles. The highest BCUT2D eigenvalue weighted by molar-refractivity contribution is 5.91. The monoisotopic (exact) mass is 485 g/mol. The zero-order valence-corrected chi connectivity index (χ0v) is 20.1. The van der Waals surface area contributed by atoms with Gasteiger partial charge in [0.2, 0.25) is 11.8 Å². The van der Waals surface area contributed by atoms with Gasteiger partial charge in [0.05, 0.1) is 6.54 Å². The fraction of sp³-hybridized carbons (Fsp3) is 0.276. The Balaban J connectivity index is 1.43. The third-order valence-electron chi connectivity index (χ3n) is 6.45. The van der Waals surface area contributed by atoms with Gasteiger partial charge >= 0.3 is 6.09 Å². The van der Waals surface area contributed by atoms with Crippen molar-refractivity contribution in [1.29, 1.82) is 0 Å². The quantitative estimate of drug-likeness (QED) is 0.482. The predicted molar refractivity (Wildman–Crippen MR) is 137 cm³/mol. The lowest BCUT2D eigenvalue weighted by Gasteiger charge is -2.35. The van der Waals surface area contributed by atoms with E-state index < -0.39 is 30.0 Å². The Labute approximate surface area is 211 Å². The van der Waals surface area contributed by atoms with Crippen molar-refractivity contribution in [1.82, 2.24) is 10.2 Å². The van der Waals surface area contributed by atoms with E-state index >= 15 is 0 Å². The molecule has 2 atom stereocenters. The highest BCUT2D eigenvalue weighted by Crippen LogP contribution is 2.25. The van der Waals surface area contributed by atoms with E-state index in [1.807, 2.05) is 84.9 Å². The molecule has 186 valence electrons. The van der Waals surface area contributed by atoms with E-state index in [9.17, 15) is 14.4 Å². The maximum atomic E-state index is 13.4. The van der Waals surface area contributed by atoms with Gasteiger partial charge in [-0.3, -0.25) is 14.5 Å². The second kappa shape index (κ2) is 12.0. The number of primary amides is 1. The first-order valence-corrected chi connectivity index (χ1v) is 12.2. The first-order chi connectivity index (χ1) is 17.5. The minimum atomic E-state index is -0.819. The van der Waals surface area contributed by atoms with Gasteiger partial charge in [0, 0.05) is 6.42 Å². The van der Waals surface area contributed by atoms with Gasteiger partial charge in [-0.2, -0.15) is 0 Å². The Morgan fingerprint density at radius 1 is 0.889 bits per heavy atom. The van der Waals surface area contributed by atoms with E-state index in [0.29, 0.717) is 19.3 Å². The average Bonchev–Trinajstić information content (AvgIpc) is 2.91. The van der Waals surface area contributed by atoms with Gasteiger partial charge in [-0.15, -0.1) is 0 Å². The third-order valence-corrected chi connectivity index (χ3v) is 6.45. The van der Waals surface area contributed by atoms with Crippen molar-refractivity contribution < 1.29 is 19.1 Å². The van der Waals surface area contributed by atoms with E-state index in [-0.39, 0.29) is 13.2 Å². The lowest BCUT2D eigenvalue weighted by Crippen LogP contribution is -2.56. The smallest absolute Gasteiger partial charge is 0.411 e. The van der Waals surface area contributed by atoms with Gasteiger partial charge in [0.15, 0.2) is 0 Å². The van der Waals surface area contributed by atoms with Crippen molar-refractivity contribution in [3.8, 4) is 0 Å². The van der Waals surface area contributed by atoms with E-state index in [4.69, 9.17) is 10.5 Å². The van der Waals surface area contributed by atoms with Gasteiger partial charge in [-0.1, -0.05) is 84.9 Å². The second-order valence-electron chi connectivity index (χ2n) is 9.00. The number of carbonyl (C=O) groups excluding carboxylic acids is 3. The lowest BCUT2D eigenvalue weighted by atomic mass is 9.93. The van der Waals surface area contributed by atoms with Crippen LogP contribution in [0.5, 0.6) is 0 Å². The van der Waals surface area contributed by atoms with Gasteiger partial charge in [-0.25, -0.2) is 4.79 Å². The molecule has 3 N–H and O–H groups in total. The van der Waals surface area contributed by atoms with Crippen molar-refractivity contribution in [2.24, 2.45) is 5.73 Å². The SMILES string of the molecule is NC(=O)[C@@H](CCCc1ccccc1)NC(=O)[C@@H]1Cc2ccccc2CN1C(=O)OCc1ccccc1. The van der Waals surface area contributed by atoms with Gasteiger partial charge < -0.3 is 15.8 Å². The van der Waals surface area contributed by atoms with E-state index in [1.165, 1.54) is 4.90 Å². The molecule has 7 heteroatoms. The van der Waals surface area contributed by atoms with Gasteiger partial charge in [-0.05, 0) is 41.5 Å². The summed E-state index contributed by atoms with van der Waals surface area (Å²) in [7, 11) is 0. The van der Waals surface area contributed by atoms with Crippen LogP contribution in [0.25, 0.3) is 0 Å². The normalized spacial score (nSPS) is 15.4. The second-order valence-corrected chi connectivity index (χ2v) is 9.00. The number of fused-ring (bicyclic) bond motifs is 1. The molecule has 0 spiro atoms. The standard InChI is InChI=1S/C29H31N3O4/c30-27(33)25(17-9-14-21-10-3-1-4-11-21)31-28(34)26-18-23-15-7-8-16-24(23)19-32(26)29(35)36-20-22-12-5-2-6-13-22/h1-8,10-13,15-16,25-26H,9,14,17-20H2,(H2,30,33)(H,31,34)/t25-,26+/m1/s1. The van der Waals surface area contributed by atoms with Crippen LogP contribution in [0.4, 0.5) is 4.79 Å². The summed E-state index contributed by atoms with van der Waals surface area (Å²) < 4.78 is 5.54. The molecular weight excluding hydrogens is 454 g/mol. The fourth-order valence-corrected chi connectivity index (χ4v) is 4.46. The lowest BCUT2D eigenvalue weighted by molar-refractivity contribution is -0.131. The third kappa shape index (κ3) is 6.50. The first kappa shape index (κ1) is 25.0. The van der Waals surface area contributed by atoms with Crippen molar-refractivity contribution in [3.63, 3.8) is 0 Å². The molecule has 0 saturated carbocycles. The molecule has 3 amide bonds. The zero-order valence-electron chi connectivity index (χ0n) is 20.1. The van der Waals surface area contributed by atoms with Gasteiger partial charge in [0.25, 0.3) is 0 Å². The van der Waals surface area contributed by atoms with Crippen LogP contribution in [-0.4, -0.2) is 34.9 Å². The van der Waals surface area contributed by atoms with Crippen LogP contribution in [0.15, 0.2) is 84.9 Å². The summed E-state index contributed by atoms with van der Waals surface area (Å²) in [6, 6.07) is 25.4. The van der Waals surface area contributed by atoms with Crippen LogP contribution in [0.1, 0.15) is 35.1 Å². The molecule has 3 aromatic carbocycles. The topological polar surface area (TPSA) is 102 Å². The van der Waals surface area contributed by atoms with Crippen LogP contribution in [-0.2, 0) is 40.3 Å². The van der Waals surface area contributed by atoms with Crippen molar-refractivity contribution in [2.75, 3.05) is 0 Å². The number of ether oxygens (including phenoxy) is 1. The highest BCUT2D eigenvalue weighted by atomic mass is 16.6. The number of aryl methyl sites for hydroxylation is 1. The molecule has 0 aromatic heterocycles. The first-order valence-electron chi connectivity index (χ1n) is 12.2. The number of carbonyl (C=O) groups is 3. The molecule has 0 fully saturated rings. The van der Waals surface area contributed by atoms with Crippen molar-refractivity contribution in [3.05, 3.63) is 107 Å². The van der Waals surface area contributed by atoms with Crippen molar-refractivity contribution in [2.45, 2.75) is 50.9 Å². The minimum Gasteiger partial charge on any atom is -0.445 e. The molecule has 36 heavy (non-hydrogen) atoms. The molecule has 1 aliphatic rings. The number of benzene rings is 3. The summed E-state index contributed by atoms with van der Waals surface area (Å²) in [6.45, 7) is 0.354. The van der Waals surface area contributed by atoms with E-state index in [0.717, 1.165) is 28.7 Å². The summed E-state index contributed by atoms with van der Waals surface area (Å²) in [6.07, 6.45) is 1.63. The molecule has 0 unspecified atom stereocenters. The number of amides is 3. The Morgan fingerprint density at radius 2 is 1.50 bits per heavy atom. The average molecular weight is 486 g/mol. The summed E-state index contributed by atoms with van der Waals surface area (Å²) in [5.41, 5.74) is 9.59. The number of nitrogens with two attached hydrogens (primary N) is 1. The Morgan fingerprint density at radius 3 is 2.17 bits per heavy atom. The van der Waals surface area contributed by atoms with E-state index in [2.05, 4.69) is 5.32 Å². The van der Waals surface area contributed by atoms with Crippen LogP contribution < -0.4 is 11.1 Å². The largest absolute Gasteiger partial charge is 0.445 e. The molecular formula is C29H31N3O4. The Kier molecular flexibility index (Phi) is 8.34. The molecule has 0 bridgehead atoms. The summed E-state index contributed by atoms with van der Waals surface area (Å²) in [5.74, 6) is -1.00. The molecule has 0 radical (unpaired) electrons. The van der Waals surface area contributed by atoms with Gasteiger partial charge in [0.1, 0.15) is 18.7 Å². The van der Waals surface area contributed by atoms with Crippen LogP contribution in [0, 0.1) is 0 Å². The minimum absolute atomic E-state index is 0.107. The molecule has 1 aliphatic heterocycles. The van der Waals surface area contributed by atoms with Crippen molar-refractivity contribution >= 4 is 17.9 Å². The fourth-order valence-electron chi connectivity index (χ4n) is 4.46. The maximum absolute atomic E-state index is 13.4.